The average Bonchev–Trinajstić information content (AvgIpc) is 2.82. The van der Waals surface area contributed by atoms with Crippen LogP contribution in [-0.2, 0) is 12.4 Å². The Labute approximate surface area is 130 Å². The molecule has 0 aliphatic heterocycles. The molecule has 1 aromatic heterocycles. The van der Waals surface area contributed by atoms with Crippen molar-refractivity contribution in [1.82, 2.24) is 4.98 Å². The molecule has 0 atom stereocenters. The predicted octanol–water partition coefficient (Wildman–Crippen LogP) is 4.94. The van der Waals surface area contributed by atoms with Gasteiger partial charge >= 0.3 is 12.4 Å². The van der Waals surface area contributed by atoms with Crippen LogP contribution in [0.25, 0.3) is 0 Å². The minimum absolute atomic E-state index is 0.0644. The van der Waals surface area contributed by atoms with Crippen LogP contribution in [0.5, 0.6) is 0 Å². The minimum Gasteiger partial charge on any atom is -0.253 e. The Morgan fingerprint density at radius 2 is 1.61 bits per heavy atom. The van der Waals surface area contributed by atoms with Crippen LogP contribution in [-0.4, -0.2) is 11.2 Å². The van der Waals surface area contributed by atoms with E-state index in [1.807, 2.05) is 0 Å². The first-order chi connectivity index (χ1) is 10.6. The standard InChI is InChI=1S/C13H9F6N3S/c1-7-6-23-11(21-7)22-20-5-8-2-9(12(14,15)16)4-10(3-8)13(17,18)19/h2-6H,1H3,(H,21,22). The molecule has 2 aromatic rings. The highest BCUT2D eigenvalue weighted by Crippen LogP contribution is 2.36. The summed E-state index contributed by atoms with van der Waals surface area (Å²) >= 11 is 1.20. The zero-order valence-electron chi connectivity index (χ0n) is 11.5. The lowest BCUT2D eigenvalue weighted by Crippen LogP contribution is -2.11. The Morgan fingerprint density at radius 1 is 1.04 bits per heavy atom. The van der Waals surface area contributed by atoms with Crippen LogP contribution in [0.3, 0.4) is 0 Å². The van der Waals surface area contributed by atoms with E-state index in [0.29, 0.717) is 23.0 Å². The molecule has 0 bridgehead atoms. The number of benzene rings is 1. The second-order valence-electron chi connectivity index (χ2n) is 4.50. The van der Waals surface area contributed by atoms with Crippen molar-refractivity contribution in [2.45, 2.75) is 19.3 Å². The molecule has 0 saturated heterocycles. The summed E-state index contributed by atoms with van der Waals surface area (Å²) in [7, 11) is 0. The van der Waals surface area contributed by atoms with E-state index >= 15 is 0 Å². The van der Waals surface area contributed by atoms with Gasteiger partial charge in [0.05, 0.1) is 23.0 Å². The molecular weight excluding hydrogens is 344 g/mol. The Balaban J connectivity index is 2.29. The maximum atomic E-state index is 12.7. The number of aryl methyl sites for hydroxylation is 1. The third-order valence-corrected chi connectivity index (χ3v) is 3.47. The van der Waals surface area contributed by atoms with Gasteiger partial charge in [-0.2, -0.15) is 31.4 Å². The minimum atomic E-state index is -4.89. The molecule has 23 heavy (non-hydrogen) atoms. The SMILES string of the molecule is Cc1csc(NN=Cc2cc(C(F)(F)F)cc(C(F)(F)F)c2)n1. The van der Waals surface area contributed by atoms with Gasteiger partial charge in [-0.1, -0.05) is 0 Å². The van der Waals surface area contributed by atoms with Crippen LogP contribution >= 0.6 is 11.3 Å². The number of aromatic nitrogens is 1. The van der Waals surface area contributed by atoms with Crippen molar-refractivity contribution < 1.29 is 26.3 Å². The molecule has 0 unspecified atom stereocenters. The molecule has 0 aliphatic carbocycles. The summed E-state index contributed by atoms with van der Waals surface area (Å²) in [5.41, 5.74) is 0.0529. The van der Waals surface area contributed by atoms with Gasteiger partial charge in [0, 0.05) is 5.38 Å². The van der Waals surface area contributed by atoms with Crippen LogP contribution in [0.2, 0.25) is 0 Å². The molecule has 124 valence electrons. The lowest BCUT2D eigenvalue weighted by atomic mass is 10.1. The zero-order valence-corrected chi connectivity index (χ0v) is 12.3. The van der Waals surface area contributed by atoms with Gasteiger partial charge < -0.3 is 0 Å². The van der Waals surface area contributed by atoms with Crippen molar-refractivity contribution >= 4 is 22.7 Å². The van der Waals surface area contributed by atoms with Gasteiger partial charge in [-0.3, -0.25) is 5.43 Å². The summed E-state index contributed by atoms with van der Waals surface area (Å²) in [5.74, 6) is 0. The second-order valence-corrected chi connectivity index (χ2v) is 5.36. The van der Waals surface area contributed by atoms with Gasteiger partial charge in [0.25, 0.3) is 0 Å². The van der Waals surface area contributed by atoms with E-state index in [0.717, 1.165) is 6.21 Å². The number of anilines is 1. The monoisotopic (exact) mass is 353 g/mol. The number of halogens is 6. The molecule has 3 nitrogen and oxygen atoms in total. The van der Waals surface area contributed by atoms with E-state index in [1.165, 1.54) is 11.3 Å². The molecule has 0 radical (unpaired) electrons. The molecule has 0 fully saturated rings. The molecule has 0 spiro atoms. The molecule has 1 aromatic carbocycles. The zero-order chi connectivity index (χ0) is 17.3. The fourth-order valence-corrected chi connectivity index (χ4v) is 2.26. The topological polar surface area (TPSA) is 37.3 Å². The summed E-state index contributed by atoms with van der Waals surface area (Å²) in [6, 6.07) is 1.25. The van der Waals surface area contributed by atoms with Crippen LogP contribution < -0.4 is 5.43 Å². The highest BCUT2D eigenvalue weighted by atomic mass is 32.1. The normalized spacial score (nSPS) is 12.8. The van der Waals surface area contributed by atoms with Crippen molar-refractivity contribution in [3.63, 3.8) is 0 Å². The molecule has 0 aliphatic rings. The lowest BCUT2D eigenvalue weighted by Gasteiger charge is -2.12. The summed E-state index contributed by atoms with van der Waals surface area (Å²) in [5, 5.41) is 5.70. The quantitative estimate of drug-likeness (QED) is 0.482. The number of hydrogen-bond acceptors (Lipinski definition) is 4. The molecule has 10 heteroatoms. The molecule has 0 amide bonds. The van der Waals surface area contributed by atoms with E-state index in [4.69, 9.17) is 0 Å². The number of hydrogen-bond donors (Lipinski definition) is 1. The fraction of sp³-hybridized carbons (Fsp3) is 0.231. The van der Waals surface area contributed by atoms with Gasteiger partial charge in [0.15, 0.2) is 0 Å². The van der Waals surface area contributed by atoms with Gasteiger partial charge in [-0.25, -0.2) is 4.98 Å². The third kappa shape index (κ3) is 4.68. The maximum absolute atomic E-state index is 12.7. The van der Waals surface area contributed by atoms with Gasteiger partial charge in [-0.15, -0.1) is 11.3 Å². The first kappa shape index (κ1) is 17.3. The van der Waals surface area contributed by atoms with Gasteiger partial charge in [-0.05, 0) is 30.7 Å². The third-order valence-electron chi connectivity index (χ3n) is 2.60. The number of nitrogens with one attached hydrogen (secondary N) is 1. The van der Waals surface area contributed by atoms with E-state index in [2.05, 4.69) is 15.5 Å². The first-order valence-corrected chi connectivity index (χ1v) is 6.94. The molecule has 1 heterocycles. The Bertz CT molecular complexity index is 685. The first-order valence-electron chi connectivity index (χ1n) is 6.06. The van der Waals surface area contributed by atoms with E-state index in [-0.39, 0.29) is 11.6 Å². The van der Waals surface area contributed by atoms with Crippen molar-refractivity contribution in [1.29, 1.82) is 0 Å². The molecule has 1 N–H and O–H groups in total. The van der Waals surface area contributed by atoms with Crippen molar-refractivity contribution in [3.8, 4) is 0 Å². The summed E-state index contributed by atoms with van der Waals surface area (Å²) in [6.45, 7) is 1.73. The summed E-state index contributed by atoms with van der Waals surface area (Å²) in [4.78, 5) is 3.99. The van der Waals surface area contributed by atoms with Crippen LogP contribution in [0, 0.1) is 6.92 Å². The lowest BCUT2D eigenvalue weighted by molar-refractivity contribution is -0.143. The largest absolute Gasteiger partial charge is 0.416 e. The van der Waals surface area contributed by atoms with Crippen molar-refractivity contribution in [2.24, 2.45) is 5.10 Å². The van der Waals surface area contributed by atoms with Crippen LogP contribution in [0.4, 0.5) is 31.5 Å². The van der Waals surface area contributed by atoms with Crippen LogP contribution in [0.1, 0.15) is 22.4 Å². The average molecular weight is 353 g/mol. The Hall–Kier alpha value is -2.10. The van der Waals surface area contributed by atoms with Crippen molar-refractivity contribution in [2.75, 3.05) is 5.43 Å². The second kappa shape index (κ2) is 6.19. The molecule has 2 rings (SSSR count). The number of nitrogens with zero attached hydrogens (tertiary/aromatic N) is 2. The smallest absolute Gasteiger partial charge is 0.253 e. The predicted molar refractivity (Wildman–Crippen MR) is 74.5 cm³/mol. The van der Waals surface area contributed by atoms with E-state index in [9.17, 15) is 26.3 Å². The highest BCUT2D eigenvalue weighted by molar-refractivity contribution is 7.13. The maximum Gasteiger partial charge on any atom is 0.416 e. The number of hydrazone groups is 1. The van der Waals surface area contributed by atoms with Crippen LogP contribution in [0.15, 0.2) is 28.7 Å². The summed E-state index contributed by atoms with van der Waals surface area (Å²) in [6.07, 6.45) is -8.89. The number of alkyl halides is 6. The highest BCUT2D eigenvalue weighted by Gasteiger charge is 2.36. The molecular formula is C13H9F6N3S. The van der Waals surface area contributed by atoms with E-state index in [1.54, 1.807) is 12.3 Å². The van der Waals surface area contributed by atoms with E-state index < -0.39 is 23.5 Å². The number of thiazole rings is 1. The van der Waals surface area contributed by atoms with Crippen molar-refractivity contribution in [3.05, 3.63) is 46.0 Å². The number of rotatable bonds is 3. The Kier molecular flexibility index (Phi) is 4.64. The fourth-order valence-electron chi connectivity index (χ4n) is 1.62. The summed E-state index contributed by atoms with van der Waals surface area (Å²) < 4.78 is 76.1. The Morgan fingerprint density at radius 3 is 2.04 bits per heavy atom. The molecule has 0 saturated carbocycles. The van der Waals surface area contributed by atoms with Gasteiger partial charge in [0.1, 0.15) is 0 Å². The van der Waals surface area contributed by atoms with Gasteiger partial charge in [0.2, 0.25) is 5.13 Å².